The summed E-state index contributed by atoms with van der Waals surface area (Å²) in [5.74, 6) is 0.375. The lowest BCUT2D eigenvalue weighted by Gasteiger charge is -2.42. The van der Waals surface area contributed by atoms with Crippen molar-refractivity contribution in [3.63, 3.8) is 0 Å². The molecule has 1 aliphatic heterocycles. The Morgan fingerprint density at radius 1 is 0.960 bits per heavy atom. The summed E-state index contributed by atoms with van der Waals surface area (Å²) in [7, 11) is 2.32. The highest BCUT2D eigenvalue weighted by Crippen LogP contribution is 2.17. The highest BCUT2D eigenvalue weighted by atomic mass is 16.2. The van der Waals surface area contributed by atoms with Gasteiger partial charge in [-0.05, 0) is 6.42 Å². The van der Waals surface area contributed by atoms with E-state index in [1.54, 1.807) is 0 Å². The van der Waals surface area contributed by atoms with Crippen molar-refractivity contribution in [2.75, 3.05) is 33.2 Å². The minimum Gasteiger partial charge on any atom is -0.331 e. The fourth-order valence-electron chi connectivity index (χ4n) is 3.77. The Morgan fingerprint density at radius 2 is 1.56 bits per heavy atom. The number of benzene rings is 1. The van der Waals surface area contributed by atoms with E-state index in [4.69, 9.17) is 0 Å². The molecule has 1 amide bonds. The minimum atomic E-state index is 0.375. The molecule has 0 N–H and O–H groups in total. The molecule has 0 saturated carbocycles. The van der Waals surface area contributed by atoms with Gasteiger partial charge in [0.05, 0.1) is 33.2 Å². The van der Waals surface area contributed by atoms with Crippen LogP contribution in [0.25, 0.3) is 0 Å². The van der Waals surface area contributed by atoms with Gasteiger partial charge >= 0.3 is 0 Å². The number of hydrogen-bond donors (Lipinski definition) is 0. The monoisotopic (exact) mass is 345 g/mol. The molecular formula is C22H37N2O+. The van der Waals surface area contributed by atoms with Crippen molar-refractivity contribution < 1.29 is 9.28 Å². The van der Waals surface area contributed by atoms with Gasteiger partial charge in [-0.25, -0.2) is 0 Å². The summed E-state index contributed by atoms with van der Waals surface area (Å²) in [5, 5.41) is 0. The zero-order valence-electron chi connectivity index (χ0n) is 16.4. The number of unbranched alkanes of at least 4 members (excludes halogenated alkanes) is 6. The van der Waals surface area contributed by atoms with Gasteiger partial charge < -0.3 is 9.38 Å². The number of rotatable bonds is 10. The summed E-state index contributed by atoms with van der Waals surface area (Å²) in [5.41, 5.74) is 1.40. The maximum Gasteiger partial charge on any atom is 0.222 e. The van der Waals surface area contributed by atoms with Crippen LogP contribution in [0.4, 0.5) is 0 Å². The van der Waals surface area contributed by atoms with Crippen molar-refractivity contribution in [1.82, 2.24) is 4.90 Å². The zero-order valence-corrected chi connectivity index (χ0v) is 16.4. The molecule has 1 aromatic rings. The van der Waals surface area contributed by atoms with Crippen molar-refractivity contribution >= 4 is 5.91 Å². The average Bonchev–Trinajstić information content (AvgIpc) is 2.62. The van der Waals surface area contributed by atoms with Crippen molar-refractivity contribution in [3.8, 4) is 0 Å². The fraction of sp³-hybridized carbons (Fsp3) is 0.682. The van der Waals surface area contributed by atoms with Crippen LogP contribution in [0.1, 0.15) is 63.9 Å². The zero-order chi connectivity index (χ0) is 18.0. The molecule has 0 atom stereocenters. The Bertz CT molecular complexity index is 492. The average molecular weight is 346 g/mol. The van der Waals surface area contributed by atoms with E-state index in [1.165, 1.54) is 44.1 Å². The predicted molar refractivity (Wildman–Crippen MR) is 105 cm³/mol. The van der Waals surface area contributed by atoms with Crippen molar-refractivity contribution in [1.29, 1.82) is 0 Å². The maximum absolute atomic E-state index is 12.4. The molecule has 0 aromatic heterocycles. The standard InChI is InChI=1S/C22H37N2O/c1-3-4-5-6-7-8-12-15-22(25)23-16-18-24(2,19-17-23)20-21-13-10-9-11-14-21/h9-11,13-14H,3-8,12,15-20H2,1-2H3/q+1. The lowest BCUT2D eigenvalue weighted by Crippen LogP contribution is -2.57. The SMILES string of the molecule is CCCCCCCCCC(=O)N1CC[N+](C)(Cc2ccccc2)CC1. The number of quaternary nitrogens is 1. The molecule has 3 heteroatoms. The summed E-state index contributed by atoms with van der Waals surface area (Å²) in [6.45, 7) is 7.29. The molecule has 25 heavy (non-hydrogen) atoms. The molecule has 0 aliphatic carbocycles. The van der Waals surface area contributed by atoms with Crippen LogP contribution in [0.5, 0.6) is 0 Å². The third kappa shape index (κ3) is 7.19. The van der Waals surface area contributed by atoms with Crippen molar-refractivity contribution in [3.05, 3.63) is 35.9 Å². The lowest BCUT2D eigenvalue weighted by atomic mass is 10.1. The molecule has 3 nitrogen and oxygen atoms in total. The summed E-state index contributed by atoms with van der Waals surface area (Å²) in [6.07, 6.45) is 9.66. The maximum atomic E-state index is 12.4. The first-order valence-corrected chi connectivity index (χ1v) is 10.3. The minimum absolute atomic E-state index is 0.375. The van der Waals surface area contributed by atoms with Crippen LogP contribution in [-0.2, 0) is 11.3 Å². The largest absolute Gasteiger partial charge is 0.331 e. The lowest BCUT2D eigenvalue weighted by molar-refractivity contribution is -0.926. The molecule has 2 rings (SSSR count). The highest BCUT2D eigenvalue weighted by molar-refractivity contribution is 5.76. The van der Waals surface area contributed by atoms with Gasteiger partial charge in [-0.3, -0.25) is 4.79 Å². The number of carbonyl (C=O) groups excluding carboxylic acids is 1. The van der Waals surface area contributed by atoms with Crippen LogP contribution < -0.4 is 0 Å². The number of hydrogen-bond acceptors (Lipinski definition) is 1. The molecule has 1 heterocycles. The van der Waals surface area contributed by atoms with Gasteiger partial charge in [0.15, 0.2) is 0 Å². The number of amides is 1. The van der Waals surface area contributed by atoms with E-state index in [9.17, 15) is 4.79 Å². The smallest absolute Gasteiger partial charge is 0.222 e. The van der Waals surface area contributed by atoms with E-state index in [-0.39, 0.29) is 0 Å². The molecule has 140 valence electrons. The van der Waals surface area contributed by atoms with Crippen LogP contribution in [0.15, 0.2) is 30.3 Å². The van der Waals surface area contributed by atoms with Crippen molar-refractivity contribution in [2.24, 2.45) is 0 Å². The van der Waals surface area contributed by atoms with Gasteiger partial charge in [-0.1, -0.05) is 75.8 Å². The summed E-state index contributed by atoms with van der Waals surface area (Å²) < 4.78 is 1.05. The third-order valence-electron chi connectivity index (χ3n) is 5.57. The van der Waals surface area contributed by atoms with Crippen LogP contribution in [0, 0.1) is 0 Å². The Hall–Kier alpha value is -1.35. The van der Waals surface area contributed by atoms with Gasteiger partial charge in [-0.15, -0.1) is 0 Å². The number of carbonyl (C=O) groups is 1. The Kier molecular flexibility index (Phi) is 8.47. The van der Waals surface area contributed by atoms with Gasteiger partial charge in [0.1, 0.15) is 6.54 Å². The molecule has 1 saturated heterocycles. The second kappa shape index (κ2) is 10.6. The first-order valence-electron chi connectivity index (χ1n) is 10.3. The second-order valence-electron chi connectivity index (χ2n) is 7.96. The van der Waals surface area contributed by atoms with Gasteiger partial charge in [0.2, 0.25) is 5.91 Å². The summed E-state index contributed by atoms with van der Waals surface area (Å²) in [6, 6.07) is 10.7. The molecule has 0 bridgehead atoms. The third-order valence-corrected chi connectivity index (χ3v) is 5.57. The van der Waals surface area contributed by atoms with E-state index in [1.807, 2.05) is 0 Å². The Morgan fingerprint density at radius 3 is 2.20 bits per heavy atom. The topological polar surface area (TPSA) is 20.3 Å². The normalized spacial score (nSPS) is 16.8. The summed E-state index contributed by atoms with van der Waals surface area (Å²) >= 11 is 0. The number of nitrogens with zero attached hydrogens (tertiary/aromatic N) is 2. The van der Waals surface area contributed by atoms with E-state index < -0.39 is 0 Å². The molecule has 1 fully saturated rings. The predicted octanol–water partition coefficient (Wildman–Crippen LogP) is 4.62. The fourth-order valence-corrected chi connectivity index (χ4v) is 3.77. The van der Waals surface area contributed by atoms with E-state index >= 15 is 0 Å². The van der Waals surface area contributed by atoms with E-state index in [0.717, 1.165) is 50.0 Å². The molecule has 1 aromatic carbocycles. The molecule has 0 unspecified atom stereocenters. The van der Waals surface area contributed by atoms with Crippen LogP contribution in [0.2, 0.25) is 0 Å². The van der Waals surface area contributed by atoms with Gasteiger partial charge in [-0.2, -0.15) is 0 Å². The summed E-state index contributed by atoms with van der Waals surface area (Å²) in [4.78, 5) is 14.5. The van der Waals surface area contributed by atoms with Gasteiger partial charge in [0, 0.05) is 12.0 Å². The molecule has 0 spiro atoms. The number of likely N-dealkylation sites (N-methyl/N-ethyl adjacent to an activating group) is 1. The van der Waals surface area contributed by atoms with Crippen LogP contribution >= 0.6 is 0 Å². The highest BCUT2D eigenvalue weighted by Gasteiger charge is 2.30. The molecular weight excluding hydrogens is 308 g/mol. The molecule has 1 aliphatic rings. The second-order valence-corrected chi connectivity index (χ2v) is 7.96. The molecule has 0 radical (unpaired) electrons. The van der Waals surface area contributed by atoms with E-state index in [2.05, 4.69) is 49.2 Å². The van der Waals surface area contributed by atoms with Crippen LogP contribution in [-0.4, -0.2) is 48.5 Å². The first-order chi connectivity index (χ1) is 12.1. The quantitative estimate of drug-likeness (QED) is 0.448. The van der Waals surface area contributed by atoms with Crippen molar-refractivity contribution in [2.45, 2.75) is 64.8 Å². The van der Waals surface area contributed by atoms with E-state index in [0.29, 0.717) is 5.91 Å². The number of piperazine rings is 1. The Balaban J connectivity index is 1.63. The van der Waals surface area contributed by atoms with Crippen LogP contribution in [0.3, 0.4) is 0 Å². The van der Waals surface area contributed by atoms with Gasteiger partial charge in [0.25, 0.3) is 0 Å². The Labute approximate surface area is 154 Å². The first kappa shape index (κ1) is 20.0.